The maximum Gasteiger partial charge on any atom is 0.414 e. The maximum atomic E-state index is 12.6. The molecular formula is C25H24N4O5. The number of amides is 2. The molecule has 174 valence electrons. The highest BCUT2D eigenvalue weighted by atomic mass is 16.6. The van der Waals surface area contributed by atoms with E-state index in [0.717, 1.165) is 11.1 Å². The van der Waals surface area contributed by atoms with Crippen LogP contribution < -0.4 is 15.5 Å². The molecule has 0 aliphatic carbocycles. The molecule has 2 heterocycles. The number of esters is 1. The molecule has 0 bridgehead atoms. The summed E-state index contributed by atoms with van der Waals surface area (Å²) in [6.45, 7) is 2.46. The Hall–Kier alpha value is -4.16. The topological polar surface area (TPSA) is 121 Å². The van der Waals surface area contributed by atoms with Crippen LogP contribution in [0.1, 0.15) is 18.1 Å². The molecule has 2 aliphatic rings. The first-order valence-electron chi connectivity index (χ1n) is 10.9. The molecule has 34 heavy (non-hydrogen) atoms. The number of ether oxygens (including phenoxy) is 2. The van der Waals surface area contributed by atoms with Gasteiger partial charge in [0.1, 0.15) is 18.8 Å². The fourth-order valence-corrected chi connectivity index (χ4v) is 3.92. The molecule has 0 saturated carbocycles. The summed E-state index contributed by atoms with van der Waals surface area (Å²) in [4.78, 5) is 37.4. The molecule has 0 radical (unpaired) electrons. The number of benzene rings is 2. The van der Waals surface area contributed by atoms with Crippen molar-refractivity contribution in [1.29, 1.82) is 5.26 Å². The Morgan fingerprint density at radius 1 is 1.21 bits per heavy atom. The van der Waals surface area contributed by atoms with E-state index >= 15 is 0 Å². The Labute approximate surface area is 196 Å². The highest BCUT2D eigenvalue weighted by Crippen LogP contribution is 2.29. The van der Waals surface area contributed by atoms with Gasteiger partial charge in [-0.25, -0.2) is 9.59 Å². The zero-order chi connectivity index (χ0) is 24.1. The van der Waals surface area contributed by atoms with Crippen molar-refractivity contribution < 1.29 is 23.9 Å². The number of carbonyl (C=O) groups excluding carboxylic acids is 3. The van der Waals surface area contributed by atoms with Crippen LogP contribution in [0.5, 0.6) is 0 Å². The summed E-state index contributed by atoms with van der Waals surface area (Å²) in [7, 11) is 0. The van der Waals surface area contributed by atoms with Gasteiger partial charge in [-0.05, 0) is 28.8 Å². The number of carbonyl (C=O) groups is 3. The fourth-order valence-electron chi connectivity index (χ4n) is 3.92. The molecule has 1 saturated heterocycles. The molecule has 2 aliphatic heterocycles. The number of rotatable bonds is 7. The second kappa shape index (κ2) is 10.2. The van der Waals surface area contributed by atoms with E-state index in [-0.39, 0.29) is 19.1 Å². The van der Waals surface area contributed by atoms with Crippen molar-refractivity contribution in [1.82, 2.24) is 10.6 Å². The van der Waals surface area contributed by atoms with E-state index < -0.39 is 24.2 Å². The van der Waals surface area contributed by atoms with E-state index in [1.807, 2.05) is 30.3 Å². The number of anilines is 1. The van der Waals surface area contributed by atoms with Gasteiger partial charge in [-0.2, -0.15) is 5.26 Å². The Bertz CT molecular complexity index is 1150. The average Bonchev–Trinajstić information content (AvgIpc) is 3.45. The van der Waals surface area contributed by atoms with Gasteiger partial charge < -0.3 is 14.8 Å². The van der Waals surface area contributed by atoms with Crippen LogP contribution in [0.15, 0.2) is 60.2 Å². The predicted molar refractivity (Wildman–Crippen MR) is 123 cm³/mol. The smallest absolute Gasteiger partial charge is 0.414 e. The first-order valence-corrected chi connectivity index (χ1v) is 10.9. The molecule has 1 fully saturated rings. The normalized spacial score (nSPS) is 19.5. The summed E-state index contributed by atoms with van der Waals surface area (Å²) in [6, 6.07) is 17.8. The van der Waals surface area contributed by atoms with Crippen LogP contribution in [0.4, 0.5) is 10.5 Å². The van der Waals surface area contributed by atoms with Crippen molar-refractivity contribution in [3.8, 4) is 6.07 Å². The third-order valence-corrected chi connectivity index (χ3v) is 5.66. The van der Waals surface area contributed by atoms with Crippen molar-refractivity contribution in [2.75, 3.05) is 24.5 Å². The first-order chi connectivity index (χ1) is 16.5. The minimum absolute atomic E-state index is 0.134. The summed E-state index contributed by atoms with van der Waals surface area (Å²) >= 11 is 0. The number of cyclic esters (lactones) is 1. The molecule has 2 aromatic rings. The second-order valence-electron chi connectivity index (χ2n) is 8.01. The van der Waals surface area contributed by atoms with Crippen molar-refractivity contribution in [2.24, 2.45) is 0 Å². The third kappa shape index (κ3) is 5.08. The van der Waals surface area contributed by atoms with Gasteiger partial charge >= 0.3 is 12.1 Å². The zero-order valence-corrected chi connectivity index (χ0v) is 18.6. The van der Waals surface area contributed by atoms with Gasteiger partial charge in [0.25, 0.3) is 0 Å². The lowest BCUT2D eigenvalue weighted by atomic mass is 9.99. The Kier molecular flexibility index (Phi) is 6.90. The van der Waals surface area contributed by atoms with Crippen LogP contribution in [0.3, 0.4) is 0 Å². The van der Waals surface area contributed by atoms with Crippen molar-refractivity contribution in [3.05, 3.63) is 71.3 Å². The molecule has 2 aromatic carbocycles. The van der Waals surface area contributed by atoms with Crippen molar-refractivity contribution in [3.63, 3.8) is 0 Å². The lowest BCUT2D eigenvalue weighted by molar-refractivity contribution is -0.146. The van der Waals surface area contributed by atoms with Gasteiger partial charge in [0.2, 0.25) is 5.91 Å². The molecule has 0 spiro atoms. The highest BCUT2D eigenvalue weighted by Gasteiger charge is 2.34. The lowest BCUT2D eigenvalue weighted by Gasteiger charge is -2.14. The Morgan fingerprint density at radius 3 is 2.62 bits per heavy atom. The zero-order valence-electron chi connectivity index (χ0n) is 18.6. The summed E-state index contributed by atoms with van der Waals surface area (Å²) in [5.41, 5.74) is 3.31. The van der Waals surface area contributed by atoms with Crippen LogP contribution in [-0.4, -0.2) is 49.7 Å². The third-order valence-electron chi connectivity index (χ3n) is 5.66. The molecule has 2 atom stereocenters. The van der Waals surface area contributed by atoms with E-state index in [1.54, 1.807) is 24.3 Å². The Balaban J connectivity index is 1.43. The molecule has 9 heteroatoms. The first kappa shape index (κ1) is 23.0. The van der Waals surface area contributed by atoms with Crippen LogP contribution in [0.2, 0.25) is 0 Å². The minimum Gasteiger partial charge on any atom is -0.459 e. The number of nitrogens with one attached hydrogen (secondary N) is 2. The second-order valence-corrected chi connectivity index (χ2v) is 8.01. The van der Waals surface area contributed by atoms with Crippen LogP contribution >= 0.6 is 0 Å². The van der Waals surface area contributed by atoms with Crippen LogP contribution in [-0.2, 0) is 25.7 Å². The molecule has 2 N–H and O–H groups in total. The number of nitrogens with zero attached hydrogens (tertiary/aromatic N) is 2. The number of nitriles is 1. The molecule has 9 nitrogen and oxygen atoms in total. The summed E-state index contributed by atoms with van der Waals surface area (Å²) in [5.74, 6) is -0.690. The molecule has 4 rings (SSSR count). The molecular weight excluding hydrogens is 436 g/mol. The Morgan fingerprint density at radius 2 is 1.94 bits per heavy atom. The summed E-state index contributed by atoms with van der Waals surface area (Å²) in [6.07, 6.45) is -0.908. The van der Waals surface area contributed by atoms with E-state index in [1.165, 1.54) is 11.8 Å². The van der Waals surface area contributed by atoms with Gasteiger partial charge in [0.15, 0.2) is 0 Å². The van der Waals surface area contributed by atoms with Gasteiger partial charge in [-0.15, -0.1) is 0 Å². The SMILES string of the molecule is CC(=O)NC[C@H]1CN(c2ccc(C3=C(C#N)[C@@H](C(=O)OCc4ccccc4)NC3)cc2)C(=O)O1. The minimum atomic E-state index is -0.827. The number of hydrogen-bond acceptors (Lipinski definition) is 7. The maximum absolute atomic E-state index is 12.6. The van der Waals surface area contributed by atoms with Crippen molar-refractivity contribution >= 4 is 29.2 Å². The summed E-state index contributed by atoms with van der Waals surface area (Å²) in [5, 5.41) is 15.4. The fraction of sp³-hybridized carbons (Fsp3) is 0.280. The molecule has 0 unspecified atom stereocenters. The van der Waals surface area contributed by atoms with E-state index in [9.17, 15) is 19.6 Å². The van der Waals surface area contributed by atoms with Gasteiger partial charge in [-0.1, -0.05) is 42.5 Å². The van der Waals surface area contributed by atoms with E-state index in [4.69, 9.17) is 9.47 Å². The standard InChI is InChI=1S/C25H24N4O5/c1-16(30)27-12-20-14-29(25(32)34-20)19-9-7-18(8-10-19)22-13-28-23(21(22)11-26)24(31)33-15-17-5-3-2-4-6-17/h2-10,20,23,28H,12-15H2,1H3,(H,27,30)/t20-,23-/m0/s1. The summed E-state index contributed by atoms with van der Waals surface area (Å²) < 4.78 is 10.7. The predicted octanol–water partition coefficient (Wildman–Crippen LogP) is 2.14. The average molecular weight is 460 g/mol. The van der Waals surface area contributed by atoms with Gasteiger partial charge in [-0.3, -0.25) is 15.0 Å². The van der Waals surface area contributed by atoms with Crippen LogP contribution in [0, 0.1) is 11.3 Å². The lowest BCUT2D eigenvalue weighted by Crippen LogP contribution is -2.35. The van der Waals surface area contributed by atoms with E-state index in [2.05, 4.69) is 16.7 Å². The molecule has 0 aromatic heterocycles. The molecule has 2 amide bonds. The monoisotopic (exact) mass is 460 g/mol. The largest absolute Gasteiger partial charge is 0.459 e. The highest BCUT2D eigenvalue weighted by molar-refractivity contribution is 5.92. The van der Waals surface area contributed by atoms with Crippen LogP contribution in [0.25, 0.3) is 5.57 Å². The van der Waals surface area contributed by atoms with Gasteiger partial charge in [0.05, 0.1) is 24.7 Å². The quantitative estimate of drug-likeness (QED) is 0.607. The van der Waals surface area contributed by atoms with E-state index in [0.29, 0.717) is 29.9 Å². The number of hydrogen-bond donors (Lipinski definition) is 2. The van der Waals surface area contributed by atoms with Gasteiger partial charge in [0, 0.05) is 19.2 Å². The van der Waals surface area contributed by atoms with Crippen molar-refractivity contribution in [2.45, 2.75) is 25.7 Å².